The van der Waals surface area contributed by atoms with Crippen molar-refractivity contribution in [3.8, 4) is 11.8 Å². The normalized spacial score (nSPS) is 23.2. The minimum atomic E-state index is -0.461. The highest BCUT2D eigenvalue weighted by molar-refractivity contribution is 5.90. The maximum Gasteiger partial charge on any atom is 0.415 e. The Labute approximate surface area is 180 Å². The molecule has 1 spiro atoms. The van der Waals surface area contributed by atoms with Crippen molar-refractivity contribution in [2.24, 2.45) is 5.92 Å². The second kappa shape index (κ2) is 7.62. The Morgan fingerprint density at radius 3 is 3.06 bits per heavy atom. The molecule has 2 fully saturated rings. The van der Waals surface area contributed by atoms with E-state index in [0.717, 1.165) is 54.7 Å². The summed E-state index contributed by atoms with van der Waals surface area (Å²) in [6.07, 6.45) is 5.34. The molecular formula is C24H24N4O3. The smallest absolute Gasteiger partial charge is 0.415 e. The standard InChI is InChI=1S/C24H24N4O3/c1-30-20-6-2-5-19(11-20)28-15-24(31-23(28)29)9-3-4-18(12-24)14-27-16-26-21-8-7-17(13-25)10-22(21)27/h2,5-8,10-11,16,18H,3-4,9,12,14-15H2,1H3. The lowest BCUT2D eigenvalue weighted by Gasteiger charge is -2.36. The topological polar surface area (TPSA) is 80.4 Å². The van der Waals surface area contributed by atoms with Crippen LogP contribution in [0, 0.1) is 17.2 Å². The van der Waals surface area contributed by atoms with Gasteiger partial charge in [-0.05, 0) is 61.9 Å². The molecule has 7 heteroatoms. The monoisotopic (exact) mass is 416 g/mol. The van der Waals surface area contributed by atoms with Crippen molar-refractivity contribution in [1.29, 1.82) is 5.26 Å². The molecule has 1 aliphatic heterocycles. The Balaban J connectivity index is 1.35. The SMILES string of the molecule is COc1cccc(N2CC3(CCCC(Cn4cnc5ccc(C#N)cc54)C3)OC2=O)c1. The van der Waals surface area contributed by atoms with Gasteiger partial charge in [0.05, 0.1) is 48.3 Å². The van der Waals surface area contributed by atoms with Gasteiger partial charge in [0, 0.05) is 12.6 Å². The minimum Gasteiger partial charge on any atom is -0.497 e. The van der Waals surface area contributed by atoms with Crippen LogP contribution >= 0.6 is 0 Å². The molecule has 2 atom stereocenters. The molecule has 3 aromatic rings. The molecule has 2 heterocycles. The molecule has 1 aliphatic carbocycles. The number of benzene rings is 2. The van der Waals surface area contributed by atoms with E-state index in [2.05, 4.69) is 15.6 Å². The summed E-state index contributed by atoms with van der Waals surface area (Å²) in [4.78, 5) is 18.9. The third-order valence-electron chi connectivity index (χ3n) is 6.45. The van der Waals surface area contributed by atoms with Crippen molar-refractivity contribution in [2.75, 3.05) is 18.6 Å². The molecule has 2 unspecified atom stereocenters. The summed E-state index contributed by atoms with van der Waals surface area (Å²) in [7, 11) is 1.62. The lowest BCUT2D eigenvalue weighted by Crippen LogP contribution is -2.40. The molecule has 31 heavy (non-hydrogen) atoms. The maximum absolute atomic E-state index is 12.7. The molecule has 2 aromatic carbocycles. The number of hydrogen-bond donors (Lipinski definition) is 0. The first-order valence-corrected chi connectivity index (χ1v) is 10.6. The number of aromatic nitrogens is 2. The van der Waals surface area contributed by atoms with Crippen LogP contribution in [0.2, 0.25) is 0 Å². The van der Waals surface area contributed by atoms with Crippen LogP contribution in [-0.4, -0.2) is 34.9 Å². The van der Waals surface area contributed by atoms with Crippen LogP contribution in [0.5, 0.6) is 5.75 Å². The Morgan fingerprint density at radius 1 is 1.32 bits per heavy atom. The molecular weight excluding hydrogens is 392 g/mol. The number of nitrogens with zero attached hydrogens (tertiary/aromatic N) is 4. The Kier molecular flexibility index (Phi) is 4.78. The van der Waals surface area contributed by atoms with E-state index in [0.29, 0.717) is 18.0 Å². The van der Waals surface area contributed by atoms with Gasteiger partial charge in [-0.1, -0.05) is 6.07 Å². The largest absolute Gasteiger partial charge is 0.497 e. The van der Waals surface area contributed by atoms with Crippen LogP contribution in [0.3, 0.4) is 0 Å². The third-order valence-corrected chi connectivity index (χ3v) is 6.45. The van der Waals surface area contributed by atoms with Crippen LogP contribution < -0.4 is 9.64 Å². The zero-order chi connectivity index (χ0) is 21.4. The van der Waals surface area contributed by atoms with Crippen molar-refractivity contribution in [2.45, 2.75) is 37.8 Å². The highest BCUT2D eigenvalue weighted by atomic mass is 16.6. The van der Waals surface area contributed by atoms with Gasteiger partial charge < -0.3 is 14.0 Å². The second-order valence-corrected chi connectivity index (χ2v) is 8.51. The molecule has 1 aromatic heterocycles. The van der Waals surface area contributed by atoms with Gasteiger partial charge >= 0.3 is 6.09 Å². The summed E-state index contributed by atoms with van der Waals surface area (Å²) in [5.74, 6) is 1.09. The summed E-state index contributed by atoms with van der Waals surface area (Å²) >= 11 is 0. The molecule has 0 radical (unpaired) electrons. The van der Waals surface area contributed by atoms with Crippen molar-refractivity contribution in [1.82, 2.24) is 9.55 Å². The molecule has 158 valence electrons. The fraction of sp³-hybridized carbons (Fsp3) is 0.375. The lowest BCUT2D eigenvalue weighted by molar-refractivity contribution is 0.00439. The second-order valence-electron chi connectivity index (χ2n) is 8.51. The first kappa shape index (κ1) is 19.4. The molecule has 1 saturated heterocycles. The highest BCUT2D eigenvalue weighted by Crippen LogP contribution is 2.42. The van der Waals surface area contributed by atoms with E-state index in [1.165, 1.54) is 0 Å². The highest BCUT2D eigenvalue weighted by Gasteiger charge is 2.48. The molecule has 5 rings (SSSR count). The average molecular weight is 416 g/mol. The number of amides is 1. The number of nitriles is 1. The van der Waals surface area contributed by atoms with Crippen molar-refractivity contribution < 1.29 is 14.3 Å². The van der Waals surface area contributed by atoms with Crippen LogP contribution in [0.25, 0.3) is 11.0 Å². The Morgan fingerprint density at radius 2 is 2.23 bits per heavy atom. The van der Waals surface area contributed by atoms with Crippen molar-refractivity contribution in [3.05, 3.63) is 54.4 Å². The van der Waals surface area contributed by atoms with Gasteiger partial charge in [0.25, 0.3) is 0 Å². The fourth-order valence-corrected chi connectivity index (χ4v) is 4.99. The molecule has 1 amide bonds. The summed E-state index contributed by atoms with van der Waals surface area (Å²) in [6.45, 7) is 1.35. The van der Waals surface area contributed by atoms with E-state index >= 15 is 0 Å². The number of imidazole rings is 1. The summed E-state index contributed by atoms with van der Waals surface area (Å²) < 4.78 is 13.4. The maximum atomic E-state index is 12.7. The zero-order valence-corrected chi connectivity index (χ0v) is 17.5. The number of carbonyl (C=O) groups is 1. The van der Waals surface area contributed by atoms with Gasteiger partial charge in [-0.15, -0.1) is 0 Å². The van der Waals surface area contributed by atoms with Crippen LogP contribution in [0.1, 0.15) is 31.2 Å². The minimum absolute atomic E-state index is 0.291. The van der Waals surface area contributed by atoms with E-state index in [1.807, 2.05) is 42.7 Å². The number of fused-ring (bicyclic) bond motifs is 1. The molecule has 0 N–H and O–H groups in total. The zero-order valence-electron chi connectivity index (χ0n) is 17.5. The molecule has 7 nitrogen and oxygen atoms in total. The number of ether oxygens (including phenoxy) is 2. The lowest BCUT2D eigenvalue weighted by atomic mass is 9.78. The molecule has 1 saturated carbocycles. The van der Waals surface area contributed by atoms with Crippen LogP contribution in [-0.2, 0) is 11.3 Å². The first-order chi connectivity index (χ1) is 15.1. The van der Waals surface area contributed by atoms with Gasteiger partial charge in [-0.25, -0.2) is 9.78 Å². The van der Waals surface area contributed by atoms with E-state index in [4.69, 9.17) is 9.47 Å². The average Bonchev–Trinajstić information content (AvgIpc) is 3.33. The third kappa shape index (κ3) is 3.59. The van der Waals surface area contributed by atoms with Crippen molar-refractivity contribution in [3.63, 3.8) is 0 Å². The summed E-state index contributed by atoms with van der Waals surface area (Å²) in [5, 5.41) is 9.22. The van der Waals surface area contributed by atoms with E-state index in [-0.39, 0.29) is 6.09 Å². The van der Waals surface area contributed by atoms with Crippen molar-refractivity contribution >= 4 is 22.8 Å². The first-order valence-electron chi connectivity index (χ1n) is 10.6. The molecule has 2 aliphatic rings. The number of rotatable bonds is 4. The van der Waals surface area contributed by atoms with E-state index in [1.54, 1.807) is 18.1 Å². The van der Waals surface area contributed by atoms with Gasteiger partial charge in [-0.3, -0.25) is 4.90 Å². The molecule has 0 bridgehead atoms. The predicted molar refractivity (Wildman–Crippen MR) is 116 cm³/mol. The number of anilines is 1. The fourth-order valence-electron chi connectivity index (χ4n) is 4.99. The van der Waals surface area contributed by atoms with E-state index < -0.39 is 5.60 Å². The quantitative estimate of drug-likeness (QED) is 0.625. The van der Waals surface area contributed by atoms with Gasteiger partial charge in [0.2, 0.25) is 0 Å². The number of hydrogen-bond acceptors (Lipinski definition) is 5. The van der Waals surface area contributed by atoms with Gasteiger partial charge in [-0.2, -0.15) is 5.26 Å². The van der Waals surface area contributed by atoms with Crippen LogP contribution in [0.15, 0.2) is 48.8 Å². The van der Waals surface area contributed by atoms with Gasteiger partial charge in [0.1, 0.15) is 11.4 Å². The Hall–Kier alpha value is -3.53. The van der Waals surface area contributed by atoms with E-state index in [9.17, 15) is 10.1 Å². The predicted octanol–water partition coefficient (Wildman–Crippen LogP) is 4.50. The number of methoxy groups -OCH3 is 1. The summed E-state index contributed by atoms with van der Waals surface area (Å²) in [6, 6.07) is 15.3. The van der Waals surface area contributed by atoms with Crippen LogP contribution in [0.4, 0.5) is 10.5 Å². The van der Waals surface area contributed by atoms with Gasteiger partial charge in [0.15, 0.2) is 0 Å². The summed E-state index contributed by atoms with van der Waals surface area (Å²) in [5.41, 5.74) is 2.83. The number of carbonyl (C=O) groups excluding carboxylic acids is 1. The Bertz CT molecular complexity index is 1180.